The van der Waals surface area contributed by atoms with Crippen LogP contribution in [0.1, 0.15) is 12.5 Å². The third-order valence-corrected chi connectivity index (χ3v) is 1.92. The van der Waals surface area contributed by atoms with Gasteiger partial charge in [-0.15, -0.1) is 0 Å². The Hall–Kier alpha value is -2.14. The molecule has 96 valence electrons. The molecule has 0 unspecified atom stereocenters. The monoisotopic (exact) mass is 250 g/mol. The molecule has 1 N–H and O–H groups in total. The second kappa shape index (κ2) is 7.24. The van der Waals surface area contributed by atoms with E-state index in [0.717, 1.165) is 5.56 Å². The summed E-state index contributed by atoms with van der Waals surface area (Å²) in [6.45, 7) is 0.788. The lowest BCUT2D eigenvalue weighted by Crippen LogP contribution is -2.17. The molecule has 0 aliphatic rings. The quantitative estimate of drug-likeness (QED) is 0.627. The number of carbonyl (C=O) groups excluding carboxylic acids is 2. The second-order valence-corrected chi connectivity index (χ2v) is 3.41. The van der Waals surface area contributed by atoms with Crippen LogP contribution >= 0.6 is 0 Å². The van der Waals surface area contributed by atoms with E-state index in [-0.39, 0.29) is 6.61 Å². The molecule has 0 saturated carbocycles. The number of hydrogen-bond donors (Lipinski definition) is 1. The smallest absolute Gasteiger partial charge is 0.349 e. The summed E-state index contributed by atoms with van der Waals surface area (Å²) < 4.78 is 9.43. The maximum Gasteiger partial charge on any atom is 0.349 e. The van der Waals surface area contributed by atoms with Gasteiger partial charge in [0.05, 0.1) is 6.61 Å². The predicted molar refractivity (Wildman–Crippen MR) is 64.8 cm³/mol. The van der Waals surface area contributed by atoms with Crippen LogP contribution in [0.5, 0.6) is 5.75 Å². The highest BCUT2D eigenvalue weighted by molar-refractivity contribution is 5.77. The van der Waals surface area contributed by atoms with Gasteiger partial charge in [0.15, 0.2) is 6.61 Å². The normalized spacial score (nSPS) is 10.3. The van der Waals surface area contributed by atoms with Crippen LogP contribution in [-0.2, 0) is 14.3 Å². The highest BCUT2D eigenvalue weighted by Gasteiger charge is 2.06. The van der Waals surface area contributed by atoms with E-state index >= 15 is 0 Å². The lowest BCUT2D eigenvalue weighted by atomic mass is 10.2. The average Bonchev–Trinajstić information content (AvgIpc) is 2.35. The van der Waals surface area contributed by atoms with E-state index in [1.807, 2.05) is 0 Å². The first-order valence-electron chi connectivity index (χ1n) is 5.33. The number of carbonyl (C=O) groups is 2. The molecule has 0 aliphatic carbocycles. The molecule has 1 aromatic rings. The van der Waals surface area contributed by atoms with Gasteiger partial charge in [-0.2, -0.15) is 0 Å². The SMILES string of the molecule is CC(=O)OCC(=O)Oc1ccc(/C=C/CO)cc1. The first kappa shape index (κ1) is 13.9. The van der Waals surface area contributed by atoms with Gasteiger partial charge in [-0.3, -0.25) is 4.79 Å². The number of aliphatic hydroxyl groups excluding tert-OH is 1. The van der Waals surface area contributed by atoms with Crippen molar-refractivity contribution in [3.05, 3.63) is 35.9 Å². The standard InChI is InChI=1S/C13H14O5/c1-10(15)17-9-13(16)18-12-6-4-11(5-7-12)3-2-8-14/h2-7,14H,8-9H2,1H3/b3-2+. The molecule has 5 nitrogen and oxygen atoms in total. The Balaban J connectivity index is 2.50. The molecular weight excluding hydrogens is 236 g/mol. The van der Waals surface area contributed by atoms with Crippen molar-refractivity contribution in [3.8, 4) is 5.75 Å². The number of aliphatic hydroxyl groups is 1. The third kappa shape index (κ3) is 5.27. The van der Waals surface area contributed by atoms with E-state index in [9.17, 15) is 9.59 Å². The van der Waals surface area contributed by atoms with E-state index < -0.39 is 18.5 Å². The average molecular weight is 250 g/mol. The molecule has 0 atom stereocenters. The van der Waals surface area contributed by atoms with E-state index in [1.165, 1.54) is 6.92 Å². The Morgan fingerprint density at radius 3 is 2.50 bits per heavy atom. The summed E-state index contributed by atoms with van der Waals surface area (Å²) in [6, 6.07) is 6.70. The molecule has 1 rings (SSSR count). The number of esters is 2. The zero-order chi connectivity index (χ0) is 13.4. The number of benzene rings is 1. The molecule has 0 aromatic heterocycles. The largest absolute Gasteiger partial charge is 0.454 e. The summed E-state index contributed by atoms with van der Waals surface area (Å²) in [6.07, 6.45) is 3.34. The van der Waals surface area contributed by atoms with Gasteiger partial charge in [-0.1, -0.05) is 24.3 Å². The van der Waals surface area contributed by atoms with Crippen molar-refractivity contribution < 1.29 is 24.2 Å². The second-order valence-electron chi connectivity index (χ2n) is 3.41. The van der Waals surface area contributed by atoms with E-state index in [4.69, 9.17) is 9.84 Å². The minimum absolute atomic E-state index is 0.0286. The lowest BCUT2D eigenvalue weighted by molar-refractivity contribution is -0.152. The van der Waals surface area contributed by atoms with Crippen LogP contribution in [-0.4, -0.2) is 30.3 Å². The van der Waals surface area contributed by atoms with E-state index in [0.29, 0.717) is 5.75 Å². The van der Waals surface area contributed by atoms with Gasteiger partial charge in [0.25, 0.3) is 0 Å². The van der Waals surface area contributed by atoms with Crippen molar-refractivity contribution in [1.82, 2.24) is 0 Å². The fraction of sp³-hybridized carbons (Fsp3) is 0.231. The van der Waals surface area contributed by atoms with Crippen molar-refractivity contribution in [2.45, 2.75) is 6.92 Å². The fourth-order valence-corrected chi connectivity index (χ4v) is 1.16. The van der Waals surface area contributed by atoms with E-state index in [1.54, 1.807) is 36.4 Å². The molecule has 0 spiro atoms. The molecule has 18 heavy (non-hydrogen) atoms. The maximum atomic E-state index is 11.2. The predicted octanol–water partition coefficient (Wildman–Crippen LogP) is 1.16. The van der Waals surface area contributed by atoms with E-state index in [2.05, 4.69) is 4.74 Å². The van der Waals surface area contributed by atoms with Gasteiger partial charge in [0, 0.05) is 6.92 Å². The Morgan fingerprint density at radius 1 is 1.28 bits per heavy atom. The maximum absolute atomic E-state index is 11.2. The van der Waals surface area contributed by atoms with Crippen LogP contribution in [0.25, 0.3) is 6.08 Å². The van der Waals surface area contributed by atoms with Gasteiger partial charge < -0.3 is 14.6 Å². The molecule has 5 heteroatoms. The number of rotatable bonds is 5. The zero-order valence-corrected chi connectivity index (χ0v) is 9.96. The summed E-state index contributed by atoms with van der Waals surface area (Å²) in [5.41, 5.74) is 0.879. The van der Waals surface area contributed by atoms with Gasteiger partial charge in [0.1, 0.15) is 5.75 Å². The Kier molecular flexibility index (Phi) is 5.60. The van der Waals surface area contributed by atoms with Gasteiger partial charge >= 0.3 is 11.9 Å². The topological polar surface area (TPSA) is 72.8 Å². The third-order valence-electron chi connectivity index (χ3n) is 1.92. The molecule has 0 aliphatic heterocycles. The molecule has 1 aromatic carbocycles. The number of hydrogen-bond acceptors (Lipinski definition) is 5. The molecule has 0 amide bonds. The van der Waals surface area contributed by atoms with Crippen LogP contribution in [0.3, 0.4) is 0 Å². The highest BCUT2D eigenvalue weighted by Crippen LogP contribution is 2.13. The Morgan fingerprint density at radius 2 is 1.94 bits per heavy atom. The molecule has 0 saturated heterocycles. The van der Waals surface area contributed by atoms with Gasteiger partial charge in [-0.25, -0.2) is 4.79 Å². The van der Waals surface area contributed by atoms with Crippen molar-refractivity contribution in [2.75, 3.05) is 13.2 Å². The Bertz CT molecular complexity index is 433. The van der Waals surface area contributed by atoms with Gasteiger partial charge in [0.2, 0.25) is 0 Å². The highest BCUT2D eigenvalue weighted by atomic mass is 16.6. The lowest BCUT2D eigenvalue weighted by Gasteiger charge is -2.04. The van der Waals surface area contributed by atoms with Crippen LogP contribution in [0.15, 0.2) is 30.3 Å². The first-order chi connectivity index (χ1) is 8.61. The van der Waals surface area contributed by atoms with Crippen molar-refractivity contribution in [1.29, 1.82) is 0 Å². The van der Waals surface area contributed by atoms with Crippen LogP contribution < -0.4 is 4.74 Å². The minimum Gasteiger partial charge on any atom is -0.454 e. The van der Waals surface area contributed by atoms with Crippen LogP contribution in [0, 0.1) is 0 Å². The van der Waals surface area contributed by atoms with Crippen molar-refractivity contribution in [3.63, 3.8) is 0 Å². The van der Waals surface area contributed by atoms with Crippen LogP contribution in [0.4, 0.5) is 0 Å². The molecule has 0 heterocycles. The summed E-state index contributed by atoms with van der Waals surface area (Å²) in [5.74, 6) is -0.798. The molecule has 0 radical (unpaired) electrons. The number of ether oxygens (including phenoxy) is 2. The summed E-state index contributed by atoms with van der Waals surface area (Å²) in [5, 5.41) is 8.61. The summed E-state index contributed by atoms with van der Waals surface area (Å²) >= 11 is 0. The first-order valence-corrected chi connectivity index (χ1v) is 5.33. The molecule has 0 fully saturated rings. The molecular formula is C13H14O5. The van der Waals surface area contributed by atoms with Gasteiger partial charge in [-0.05, 0) is 17.7 Å². The minimum atomic E-state index is -0.635. The zero-order valence-electron chi connectivity index (χ0n) is 9.96. The van der Waals surface area contributed by atoms with Crippen LogP contribution in [0.2, 0.25) is 0 Å². The summed E-state index contributed by atoms with van der Waals surface area (Å²) in [7, 11) is 0. The molecule has 0 bridgehead atoms. The van der Waals surface area contributed by atoms with Crippen molar-refractivity contribution in [2.24, 2.45) is 0 Å². The Labute approximate surface area is 105 Å². The fourth-order valence-electron chi connectivity index (χ4n) is 1.16. The van der Waals surface area contributed by atoms with Crippen molar-refractivity contribution >= 4 is 18.0 Å². The summed E-state index contributed by atoms with van der Waals surface area (Å²) in [4.78, 5) is 21.7.